The van der Waals surface area contributed by atoms with E-state index in [-0.39, 0.29) is 41.5 Å². The summed E-state index contributed by atoms with van der Waals surface area (Å²) in [5.74, 6) is -5.15. The number of fused-ring (bicyclic) bond motifs is 5. The molecule has 8 N–H and O–H groups in total. The Balaban J connectivity index is 0.935. The third-order valence-electron chi connectivity index (χ3n) is 10.5. The van der Waals surface area contributed by atoms with Crippen LogP contribution in [0.1, 0.15) is 59.1 Å². The van der Waals surface area contributed by atoms with Gasteiger partial charge in [-0.15, -0.1) is 11.6 Å². The molecule has 342 valence electrons. The smallest absolute Gasteiger partial charge is 0.327 e. The number of ether oxygens (including phenoxy) is 1. The fourth-order valence-electron chi connectivity index (χ4n) is 7.58. The molecule has 66 heavy (non-hydrogen) atoms. The van der Waals surface area contributed by atoms with Crippen molar-refractivity contribution in [3.63, 3.8) is 0 Å². The number of carbonyl (C=O) groups excluding carboxylic acids is 6. The van der Waals surface area contributed by atoms with Crippen molar-refractivity contribution in [2.24, 2.45) is 0 Å². The lowest BCUT2D eigenvalue weighted by Crippen LogP contribution is -2.52. The Morgan fingerprint density at radius 2 is 1.45 bits per heavy atom. The van der Waals surface area contributed by atoms with E-state index in [1.807, 2.05) is 24.3 Å². The second-order valence-electron chi connectivity index (χ2n) is 15.3. The van der Waals surface area contributed by atoms with Crippen LogP contribution in [-0.4, -0.2) is 104 Å². The molecule has 7 rings (SSSR count). The van der Waals surface area contributed by atoms with Gasteiger partial charge in [0.1, 0.15) is 29.2 Å². The minimum Gasteiger partial charge on any atom is -0.481 e. The van der Waals surface area contributed by atoms with Gasteiger partial charge in [-0.25, -0.2) is 4.79 Å². The Morgan fingerprint density at radius 1 is 0.803 bits per heavy atom. The van der Waals surface area contributed by atoms with E-state index in [4.69, 9.17) is 21.4 Å². The number of benzene rings is 4. The molecule has 1 aliphatic rings. The molecule has 0 bridgehead atoms. The van der Waals surface area contributed by atoms with Crippen molar-refractivity contribution in [2.75, 3.05) is 39.5 Å². The Bertz CT molecular complexity index is 2920. The molecule has 5 amide bonds. The standard InChI is InChI=1S/C45H42ClN7O11S2/c1-22(54)47-34(17-40(57)58)43(60)52-36(45(62)63)21-66-65-12-11-39(56)48-27-7-9-31-24(13-27)15-33(50-31)42(59)49-28-8-10-32-25(14-28)16-35(51-32)44(61)53-20-26(19-46)41-30-6-4-3-5-29(30)38(18-37(41)53)64-23(2)55/h3-10,13-16,18,26,34,36,50-51H,11-12,17,19-21H2,1-2H3,(H,47,54)(H,48,56)(H,49,59)(H,52,60)(H,57,58)(H,62,63)/t26?,34-,36-/m0/s1. The molecular formula is C45H42ClN7O11S2. The van der Waals surface area contributed by atoms with E-state index >= 15 is 0 Å². The lowest BCUT2D eigenvalue weighted by Gasteiger charge is -2.19. The van der Waals surface area contributed by atoms with Gasteiger partial charge in [0.15, 0.2) is 0 Å². The number of carboxylic acid groups (broad SMARTS) is 2. The van der Waals surface area contributed by atoms with Crippen molar-refractivity contribution in [1.29, 1.82) is 0 Å². The quantitative estimate of drug-likeness (QED) is 0.0157. The summed E-state index contributed by atoms with van der Waals surface area (Å²) in [7, 11) is 2.30. The highest BCUT2D eigenvalue weighted by molar-refractivity contribution is 8.76. The summed E-state index contributed by atoms with van der Waals surface area (Å²) < 4.78 is 5.56. The van der Waals surface area contributed by atoms with E-state index in [1.165, 1.54) is 17.7 Å². The van der Waals surface area contributed by atoms with Gasteiger partial charge in [0.2, 0.25) is 17.7 Å². The average Bonchev–Trinajstić information content (AvgIpc) is 4.00. The summed E-state index contributed by atoms with van der Waals surface area (Å²) in [5.41, 5.74) is 4.37. The molecule has 0 aliphatic carbocycles. The van der Waals surface area contributed by atoms with Gasteiger partial charge >= 0.3 is 17.9 Å². The summed E-state index contributed by atoms with van der Waals surface area (Å²) in [6.45, 7) is 2.75. The molecule has 4 aromatic carbocycles. The van der Waals surface area contributed by atoms with Crippen molar-refractivity contribution < 1.29 is 53.3 Å². The van der Waals surface area contributed by atoms with E-state index in [0.717, 1.165) is 34.1 Å². The first kappa shape index (κ1) is 46.9. The lowest BCUT2D eigenvalue weighted by molar-refractivity contribution is -0.142. The van der Waals surface area contributed by atoms with Crippen LogP contribution in [0.3, 0.4) is 0 Å². The predicted octanol–water partition coefficient (Wildman–Crippen LogP) is 6.22. The van der Waals surface area contributed by atoms with E-state index in [2.05, 4.69) is 31.2 Å². The van der Waals surface area contributed by atoms with Gasteiger partial charge in [0, 0.05) is 94.7 Å². The highest BCUT2D eigenvalue weighted by atomic mass is 35.5. The number of carbonyl (C=O) groups is 8. The molecule has 1 aliphatic heterocycles. The largest absolute Gasteiger partial charge is 0.481 e. The number of esters is 1. The third-order valence-corrected chi connectivity index (χ3v) is 13.3. The Morgan fingerprint density at radius 3 is 2.09 bits per heavy atom. The zero-order valence-corrected chi connectivity index (χ0v) is 37.6. The topological polar surface area (TPSA) is 269 Å². The summed E-state index contributed by atoms with van der Waals surface area (Å²) in [4.78, 5) is 107. The van der Waals surface area contributed by atoms with Crippen LogP contribution in [-0.2, 0) is 28.8 Å². The number of aromatic nitrogens is 2. The summed E-state index contributed by atoms with van der Waals surface area (Å²) in [6.07, 6.45) is -0.652. The monoisotopic (exact) mass is 955 g/mol. The number of hydrogen-bond donors (Lipinski definition) is 8. The van der Waals surface area contributed by atoms with Gasteiger partial charge in [0.25, 0.3) is 11.8 Å². The number of amides is 5. The number of aromatic amines is 2. The van der Waals surface area contributed by atoms with Crippen LogP contribution in [0.5, 0.6) is 5.75 Å². The Labute approximate surface area is 388 Å². The summed E-state index contributed by atoms with van der Waals surface area (Å²) >= 11 is 6.44. The average molecular weight is 956 g/mol. The highest BCUT2D eigenvalue weighted by Gasteiger charge is 2.36. The van der Waals surface area contributed by atoms with Crippen molar-refractivity contribution in [1.82, 2.24) is 20.6 Å². The van der Waals surface area contributed by atoms with Gasteiger partial charge in [-0.05, 0) is 59.5 Å². The molecule has 6 aromatic rings. The first-order valence-electron chi connectivity index (χ1n) is 20.3. The molecule has 0 radical (unpaired) electrons. The van der Waals surface area contributed by atoms with Gasteiger partial charge in [-0.2, -0.15) is 0 Å². The fourth-order valence-corrected chi connectivity index (χ4v) is 9.98. The minimum absolute atomic E-state index is 0.0710. The number of hydrogen-bond acceptors (Lipinski definition) is 11. The zero-order valence-electron chi connectivity index (χ0n) is 35.2. The molecule has 1 unspecified atom stereocenters. The number of alkyl halides is 1. The van der Waals surface area contributed by atoms with Crippen molar-refractivity contribution in [3.05, 3.63) is 95.8 Å². The predicted molar refractivity (Wildman–Crippen MR) is 253 cm³/mol. The lowest BCUT2D eigenvalue weighted by atomic mass is 9.95. The van der Waals surface area contributed by atoms with Crippen LogP contribution >= 0.6 is 33.2 Å². The maximum absolute atomic E-state index is 14.1. The van der Waals surface area contributed by atoms with E-state index in [1.54, 1.807) is 59.5 Å². The van der Waals surface area contributed by atoms with Gasteiger partial charge in [-0.1, -0.05) is 45.9 Å². The second kappa shape index (κ2) is 20.4. The maximum atomic E-state index is 14.1. The van der Waals surface area contributed by atoms with E-state index < -0.39 is 54.1 Å². The molecule has 0 fully saturated rings. The second-order valence-corrected chi connectivity index (χ2v) is 18.2. The van der Waals surface area contributed by atoms with Crippen LogP contribution in [0, 0.1) is 0 Å². The molecule has 3 heterocycles. The number of anilines is 3. The van der Waals surface area contributed by atoms with Gasteiger partial charge < -0.3 is 51.1 Å². The van der Waals surface area contributed by atoms with E-state index in [0.29, 0.717) is 62.6 Å². The van der Waals surface area contributed by atoms with Crippen LogP contribution in [0.15, 0.2) is 78.9 Å². The van der Waals surface area contributed by atoms with Gasteiger partial charge in [-0.3, -0.25) is 33.6 Å². The maximum Gasteiger partial charge on any atom is 0.327 e. The number of nitrogens with zero attached hydrogens (tertiary/aromatic N) is 1. The summed E-state index contributed by atoms with van der Waals surface area (Å²) in [5, 5.41) is 31.7. The van der Waals surface area contributed by atoms with Crippen molar-refractivity contribution in [3.8, 4) is 5.75 Å². The molecule has 0 spiro atoms. The molecule has 2 aromatic heterocycles. The molecule has 21 heteroatoms. The number of nitrogens with one attached hydrogen (secondary N) is 6. The normalized spacial score (nSPS) is 14.0. The molecule has 0 saturated carbocycles. The zero-order chi connectivity index (χ0) is 47.2. The van der Waals surface area contributed by atoms with Crippen LogP contribution in [0.4, 0.5) is 17.1 Å². The fraction of sp³-hybridized carbons (Fsp3) is 0.244. The summed E-state index contributed by atoms with van der Waals surface area (Å²) in [6, 6.07) is 20.1. The molecule has 3 atom stereocenters. The molecule has 18 nitrogen and oxygen atoms in total. The van der Waals surface area contributed by atoms with Crippen LogP contribution in [0.2, 0.25) is 0 Å². The van der Waals surface area contributed by atoms with Gasteiger partial charge in [0.05, 0.1) is 12.1 Å². The number of carboxylic acids is 2. The van der Waals surface area contributed by atoms with Crippen molar-refractivity contribution in [2.45, 2.75) is 44.7 Å². The van der Waals surface area contributed by atoms with Crippen LogP contribution < -0.4 is 30.9 Å². The third kappa shape index (κ3) is 10.9. The SMILES string of the molecule is CC(=O)N[C@@H](CC(=O)O)C(=O)N[C@@H](CSSCCC(=O)Nc1ccc2[nH]c(C(=O)Nc3ccc4[nH]c(C(=O)N5CC(CCl)c6c5cc(OC(C)=O)c5ccccc65)cc4c3)cc2c1)C(=O)O. The first-order chi connectivity index (χ1) is 31.6. The number of halogens is 1. The van der Waals surface area contributed by atoms with Crippen molar-refractivity contribution >= 4 is 130 Å². The first-order valence-corrected chi connectivity index (χ1v) is 23.4. The van der Waals surface area contributed by atoms with E-state index in [9.17, 15) is 43.5 Å². The highest BCUT2D eigenvalue weighted by Crippen LogP contribution is 2.46. The number of aliphatic carboxylic acids is 2. The Kier molecular flexibility index (Phi) is 14.5. The number of rotatable bonds is 18. The van der Waals surface area contributed by atoms with Crippen LogP contribution in [0.25, 0.3) is 32.6 Å². The molecule has 0 saturated heterocycles. The molecular weight excluding hydrogens is 914 g/mol. The Hall–Kier alpha value is -7.03. The number of H-pyrrole nitrogens is 2. The minimum atomic E-state index is -1.44.